The van der Waals surface area contributed by atoms with Gasteiger partial charge in [0.05, 0.1) is 5.41 Å². The van der Waals surface area contributed by atoms with E-state index in [1.54, 1.807) is 0 Å². The van der Waals surface area contributed by atoms with Gasteiger partial charge >= 0.3 is 0 Å². The number of hydrogen-bond acceptors (Lipinski definition) is 4. The van der Waals surface area contributed by atoms with Crippen LogP contribution in [-0.2, 0) is 4.79 Å². The maximum absolute atomic E-state index is 13.7. The molecule has 5 heteroatoms. The second-order valence-electron chi connectivity index (χ2n) is 11.7. The van der Waals surface area contributed by atoms with E-state index in [9.17, 15) is 4.79 Å². The lowest BCUT2D eigenvalue weighted by atomic mass is 9.71. The lowest BCUT2D eigenvalue weighted by Crippen LogP contribution is -2.54. The number of anilines is 2. The molecule has 1 aliphatic carbocycles. The molecule has 1 aromatic carbocycles. The van der Waals surface area contributed by atoms with Crippen LogP contribution < -0.4 is 9.80 Å². The first kappa shape index (κ1) is 21.9. The Hall–Kier alpha value is -1.59. The number of likely N-dealkylation sites (tertiary alicyclic amines) is 2. The summed E-state index contributed by atoms with van der Waals surface area (Å²) >= 11 is 0. The average molecular weight is 451 g/mol. The predicted octanol–water partition coefficient (Wildman–Crippen LogP) is 4.37. The van der Waals surface area contributed by atoms with Gasteiger partial charge in [-0.3, -0.25) is 9.69 Å². The van der Waals surface area contributed by atoms with Crippen LogP contribution in [0.25, 0.3) is 0 Å². The van der Waals surface area contributed by atoms with Crippen LogP contribution in [0.2, 0.25) is 0 Å². The molecular formula is C28H42N4O. The molecule has 2 unspecified atom stereocenters. The summed E-state index contributed by atoms with van der Waals surface area (Å²) in [5.74, 6) is 1.34. The highest BCUT2D eigenvalue weighted by molar-refractivity contribution is 5.98. The molecule has 5 aliphatic rings. The second kappa shape index (κ2) is 8.88. The van der Waals surface area contributed by atoms with Gasteiger partial charge in [-0.15, -0.1) is 0 Å². The molecule has 5 fully saturated rings. The number of piperidine rings is 2. The van der Waals surface area contributed by atoms with Crippen LogP contribution in [-0.4, -0.2) is 73.6 Å². The Morgan fingerprint density at radius 1 is 0.848 bits per heavy atom. The van der Waals surface area contributed by atoms with Crippen LogP contribution in [0.4, 0.5) is 11.4 Å². The topological polar surface area (TPSA) is 30.0 Å². The van der Waals surface area contributed by atoms with Crippen LogP contribution in [0.1, 0.15) is 64.7 Å². The maximum atomic E-state index is 13.7. The summed E-state index contributed by atoms with van der Waals surface area (Å²) in [7, 11) is 0. The van der Waals surface area contributed by atoms with Gasteiger partial charge in [0.2, 0.25) is 5.91 Å². The number of rotatable bonds is 5. The molecule has 0 bridgehead atoms. The molecule has 33 heavy (non-hydrogen) atoms. The minimum Gasteiger partial charge on any atom is -0.370 e. The summed E-state index contributed by atoms with van der Waals surface area (Å²) in [5.41, 5.74) is 2.32. The molecule has 4 saturated heterocycles. The molecule has 5 nitrogen and oxygen atoms in total. The summed E-state index contributed by atoms with van der Waals surface area (Å²) in [5, 5.41) is 0. The number of nitrogens with zero attached hydrogens (tertiary/aromatic N) is 4. The molecule has 4 aliphatic heterocycles. The first-order chi connectivity index (χ1) is 16.1. The largest absolute Gasteiger partial charge is 0.370 e. The highest BCUT2D eigenvalue weighted by Gasteiger charge is 2.46. The molecule has 0 aromatic heterocycles. The van der Waals surface area contributed by atoms with Crippen molar-refractivity contribution in [3.8, 4) is 0 Å². The van der Waals surface area contributed by atoms with E-state index in [4.69, 9.17) is 0 Å². The van der Waals surface area contributed by atoms with Gasteiger partial charge < -0.3 is 14.7 Å². The Morgan fingerprint density at radius 3 is 2.30 bits per heavy atom. The fourth-order valence-corrected chi connectivity index (χ4v) is 7.20. The SMILES string of the molecule is CC1CCCN1C1CCN(c2ccc(N3CCCC4(CCN(CC5CC5)CC4)C3=O)cc2)C1. The summed E-state index contributed by atoms with van der Waals surface area (Å²) < 4.78 is 0. The highest BCUT2D eigenvalue weighted by Crippen LogP contribution is 2.43. The van der Waals surface area contributed by atoms with Crippen molar-refractivity contribution in [2.45, 2.75) is 76.8 Å². The van der Waals surface area contributed by atoms with Crippen molar-refractivity contribution in [3.63, 3.8) is 0 Å². The quantitative estimate of drug-likeness (QED) is 0.666. The van der Waals surface area contributed by atoms with Gasteiger partial charge in [0, 0.05) is 49.6 Å². The smallest absolute Gasteiger partial charge is 0.233 e. The van der Waals surface area contributed by atoms with Gasteiger partial charge in [0.15, 0.2) is 0 Å². The van der Waals surface area contributed by atoms with Crippen molar-refractivity contribution in [2.75, 3.05) is 55.6 Å². The third-order valence-corrected chi connectivity index (χ3v) is 9.53. The Kier molecular flexibility index (Phi) is 5.90. The van der Waals surface area contributed by atoms with Gasteiger partial charge in [-0.1, -0.05) is 0 Å². The van der Waals surface area contributed by atoms with Crippen molar-refractivity contribution in [1.29, 1.82) is 0 Å². The van der Waals surface area contributed by atoms with Gasteiger partial charge in [-0.25, -0.2) is 0 Å². The molecular weight excluding hydrogens is 408 g/mol. The Balaban J connectivity index is 1.09. The lowest BCUT2D eigenvalue weighted by Gasteiger charge is -2.46. The standard InChI is InChI=1S/C28H42N4O/c1-22-4-2-15-31(22)26-11-17-30(21-26)24-7-9-25(10-8-24)32-16-3-12-28(27(32)33)13-18-29(19-14-28)20-23-5-6-23/h7-10,22-23,26H,2-6,11-21H2,1H3. The third-order valence-electron chi connectivity index (χ3n) is 9.53. The first-order valence-electron chi connectivity index (χ1n) is 13.8. The molecule has 1 aromatic rings. The molecule has 4 heterocycles. The first-order valence-corrected chi connectivity index (χ1v) is 13.8. The summed E-state index contributed by atoms with van der Waals surface area (Å²) in [6.07, 6.45) is 11.1. The van der Waals surface area contributed by atoms with Crippen molar-refractivity contribution < 1.29 is 4.79 Å². The van der Waals surface area contributed by atoms with E-state index >= 15 is 0 Å². The van der Waals surface area contributed by atoms with Gasteiger partial charge in [-0.05, 0) is 115 Å². The molecule has 2 atom stereocenters. The maximum Gasteiger partial charge on any atom is 0.233 e. The summed E-state index contributed by atoms with van der Waals surface area (Å²) in [4.78, 5) is 23.7. The molecule has 1 amide bonds. The average Bonchev–Trinajstić information content (AvgIpc) is 3.33. The predicted molar refractivity (Wildman–Crippen MR) is 135 cm³/mol. The van der Waals surface area contributed by atoms with Crippen molar-refractivity contribution >= 4 is 17.3 Å². The fraction of sp³-hybridized carbons (Fsp3) is 0.750. The van der Waals surface area contributed by atoms with Gasteiger partial charge in [0.25, 0.3) is 0 Å². The van der Waals surface area contributed by atoms with Crippen LogP contribution in [0.3, 0.4) is 0 Å². The van der Waals surface area contributed by atoms with E-state index < -0.39 is 0 Å². The zero-order chi connectivity index (χ0) is 22.4. The zero-order valence-electron chi connectivity index (χ0n) is 20.6. The van der Waals surface area contributed by atoms with Crippen molar-refractivity contribution in [2.24, 2.45) is 11.3 Å². The number of hydrogen-bond donors (Lipinski definition) is 0. The van der Waals surface area contributed by atoms with Crippen molar-refractivity contribution in [3.05, 3.63) is 24.3 Å². The van der Waals surface area contributed by atoms with Crippen LogP contribution in [0.15, 0.2) is 24.3 Å². The van der Waals surface area contributed by atoms with Crippen LogP contribution in [0, 0.1) is 11.3 Å². The number of amides is 1. The van der Waals surface area contributed by atoms with Gasteiger partial charge in [0.1, 0.15) is 0 Å². The van der Waals surface area contributed by atoms with E-state index in [2.05, 4.69) is 50.8 Å². The Bertz CT molecular complexity index is 842. The summed E-state index contributed by atoms with van der Waals surface area (Å²) in [6, 6.07) is 10.4. The summed E-state index contributed by atoms with van der Waals surface area (Å²) in [6.45, 7) is 10.3. The van der Waals surface area contributed by atoms with E-state index in [1.165, 1.54) is 50.9 Å². The molecule has 180 valence electrons. The van der Waals surface area contributed by atoms with E-state index in [0.29, 0.717) is 11.9 Å². The van der Waals surface area contributed by atoms with E-state index in [-0.39, 0.29) is 5.41 Å². The highest BCUT2D eigenvalue weighted by atomic mass is 16.2. The van der Waals surface area contributed by atoms with Crippen LogP contribution >= 0.6 is 0 Å². The molecule has 1 saturated carbocycles. The third kappa shape index (κ3) is 4.32. The van der Waals surface area contributed by atoms with E-state index in [0.717, 1.165) is 76.1 Å². The fourth-order valence-electron chi connectivity index (χ4n) is 7.20. The monoisotopic (exact) mass is 450 g/mol. The molecule has 0 radical (unpaired) electrons. The Labute approximate surface area is 200 Å². The number of carbonyl (C=O) groups excluding carboxylic acids is 1. The van der Waals surface area contributed by atoms with Crippen LogP contribution in [0.5, 0.6) is 0 Å². The van der Waals surface area contributed by atoms with Crippen molar-refractivity contribution in [1.82, 2.24) is 9.80 Å². The minimum atomic E-state index is -0.106. The number of benzene rings is 1. The lowest BCUT2D eigenvalue weighted by molar-refractivity contribution is -0.133. The molecule has 6 rings (SSSR count). The normalized spacial score (nSPS) is 31.1. The number of carbonyl (C=O) groups is 1. The molecule has 1 spiro atoms. The zero-order valence-corrected chi connectivity index (χ0v) is 20.6. The van der Waals surface area contributed by atoms with Gasteiger partial charge in [-0.2, -0.15) is 0 Å². The Morgan fingerprint density at radius 2 is 1.61 bits per heavy atom. The minimum absolute atomic E-state index is 0.106. The van der Waals surface area contributed by atoms with E-state index in [1.807, 2.05) is 0 Å². The second-order valence-corrected chi connectivity index (χ2v) is 11.7. The molecule has 0 N–H and O–H groups in total.